The standard InChI is InChI=1S/C15H17F3N2O4/c16-15(17,18)24-11-4-2-1-3-10(11)5-6-13(21)20-7-8-23-12(9-20)14(19)22/h1-4,12H,5-9H2,(H2,19,22)/t12-/m0/s1. The Morgan fingerprint density at radius 1 is 1.33 bits per heavy atom. The number of rotatable bonds is 5. The highest BCUT2D eigenvalue weighted by Crippen LogP contribution is 2.27. The van der Waals surface area contributed by atoms with Crippen LogP contribution < -0.4 is 10.5 Å². The van der Waals surface area contributed by atoms with Crippen molar-refractivity contribution in [3.05, 3.63) is 29.8 Å². The fraction of sp³-hybridized carbons (Fsp3) is 0.467. The molecule has 0 spiro atoms. The largest absolute Gasteiger partial charge is 0.573 e. The van der Waals surface area contributed by atoms with Gasteiger partial charge in [-0.15, -0.1) is 13.2 Å². The summed E-state index contributed by atoms with van der Waals surface area (Å²) < 4.78 is 46.2. The zero-order valence-electron chi connectivity index (χ0n) is 12.7. The monoisotopic (exact) mass is 346 g/mol. The molecule has 1 aliphatic heterocycles. The molecule has 1 fully saturated rings. The molecule has 2 N–H and O–H groups in total. The molecule has 1 aliphatic rings. The van der Waals surface area contributed by atoms with Crippen molar-refractivity contribution in [2.24, 2.45) is 5.73 Å². The number of hydrogen-bond donors (Lipinski definition) is 1. The van der Waals surface area contributed by atoms with Crippen molar-refractivity contribution in [2.45, 2.75) is 25.3 Å². The topological polar surface area (TPSA) is 81.9 Å². The number of ether oxygens (including phenoxy) is 2. The number of carbonyl (C=O) groups is 2. The average molecular weight is 346 g/mol. The first-order chi connectivity index (χ1) is 11.3. The number of para-hydroxylation sites is 1. The highest BCUT2D eigenvalue weighted by atomic mass is 19.4. The first kappa shape index (κ1) is 18.1. The van der Waals surface area contributed by atoms with Gasteiger partial charge in [0, 0.05) is 13.0 Å². The molecule has 0 bridgehead atoms. The molecule has 0 aliphatic carbocycles. The third kappa shape index (κ3) is 5.12. The Hall–Kier alpha value is -2.29. The summed E-state index contributed by atoms with van der Waals surface area (Å²) in [4.78, 5) is 24.7. The van der Waals surface area contributed by atoms with Gasteiger partial charge in [-0.25, -0.2) is 0 Å². The second-order valence-electron chi connectivity index (χ2n) is 5.26. The molecule has 2 amide bonds. The lowest BCUT2D eigenvalue weighted by Crippen LogP contribution is -2.50. The van der Waals surface area contributed by atoms with Crippen molar-refractivity contribution in [1.82, 2.24) is 4.90 Å². The van der Waals surface area contributed by atoms with E-state index in [1.54, 1.807) is 6.07 Å². The van der Waals surface area contributed by atoms with E-state index >= 15 is 0 Å². The summed E-state index contributed by atoms with van der Waals surface area (Å²) in [5.74, 6) is -1.27. The van der Waals surface area contributed by atoms with Crippen LogP contribution in [0.1, 0.15) is 12.0 Å². The molecule has 0 saturated carbocycles. The summed E-state index contributed by atoms with van der Waals surface area (Å²) >= 11 is 0. The van der Waals surface area contributed by atoms with E-state index in [4.69, 9.17) is 10.5 Å². The molecule has 2 rings (SSSR count). The minimum atomic E-state index is -4.79. The predicted octanol–water partition coefficient (Wildman–Crippen LogP) is 1.23. The summed E-state index contributed by atoms with van der Waals surface area (Å²) in [7, 11) is 0. The van der Waals surface area contributed by atoms with Gasteiger partial charge in [-0.2, -0.15) is 0 Å². The van der Waals surface area contributed by atoms with Gasteiger partial charge >= 0.3 is 6.36 Å². The van der Waals surface area contributed by atoms with E-state index < -0.39 is 18.4 Å². The number of primary amides is 1. The van der Waals surface area contributed by atoms with E-state index in [0.29, 0.717) is 6.54 Å². The molecular formula is C15H17F3N2O4. The van der Waals surface area contributed by atoms with Gasteiger partial charge in [-0.05, 0) is 18.1 Å². The number of nitrogens with zero attached hydrogens (tertiary/aromatic N) is 1. The van der Waals surface area contributed by atoms with Gasteiger partial charge in [0.05, 0.1) is 13.2 Å². The molecule has 6 nitrogen and oxygen atoms in total. The molecule has 9 heteroatoms. The van der Waals surface area contributed by atoms with Crippen molar-refractivity contribution in [2.75, 3.05) is 19.7 Å². The number of halogens is 3. The number of morpholine rings is 1. The Morgan fingerprint density at radius 3 is 2.71 bits per heavy atom. The maximum atomic E-state index is 12.4. The van der Waals surface area contributed by atoms with Crippen LogP contribution in [0.25, 0.3) is 0 Å². The predicted molar refractivity (Wildman–Crippen MR) is 77.0 cm³/mol. The van der Waals surface area contributed by atoms with Gasteiger partial charge < -0.3 is 20.1 Å². The second-order valence-corrected chi connectivity index (χ2v) is 5.26. The number of carbonyl (C=O) groups excluding carboxylic acids is 2. The van der Waals surface area contributed by atoms with Crippen molar-refractivity contribution in [3.8, 4) is 5.75 Å². The molecule has 1 aromatic carbocycles. The van der Waals surface area contributed by atoms with Gasteiger partial charge in [0.1, 0.15) is 5.75 Å². The van der Waals surface area contributed by atoms with Gasteiger partial charge in [0.2, 0.25) is 11.8 Å². The fourth-order valence-electron chi connectivity index (χ4n) is 2.38. The molecule has 0 radical (unpaired) electrons. The normalized spacial score (nSPS) is 18.3. The number of nitrogens with two attached hydrogens (primary N) is 1. The van der Waals surface area contributed by atoms with E-state index in [2.05, 4.69) is 4.74 Å². The highest BCUT2D eigenvalue weighted by Gasteiger charge is 2.32. The summed E-state index contributed by atoms with van der Waals surface area (Å²) in [6, 6.07) is 5.66. The first-order valence-corrected chi connectivity index (χ1v) is 7.28. The van der Waals surface area contributed by atoms with Gasteiger partial charge in [-0.1, -0.05) is 18.2 Å². The number of aryl methyl sites for hydroxylation is 1. The van der Waals surface area contributed by atoms with Gasteiger partial charge in [0.25, 0.3) is 0 Å². The van der Waals surface area contributed by atoms with Crippen LogP contribution in [-0.2, 0) is 20.7 Å². The van der Waals surface area contributed by atoms with Crippen LogP contribution in [0, 0.1) is 0 Å². The maximum Gasteiger partial charge on any atom is 0.573 e. The molecular weight excluding hydrogens is 329 g/mol. The van der Waals surface area contributed by atoms with Crippen LogP contribution in [0.4, 0.5) is 13.2 Å². The zero-order valence-corrected chi connectivity index (χ0v) is 12.7. The third-order valence-electron chi connectivity index (χ3n) is 3.54. The Balaban J connectivity index is 1.96. The molecule has 1 aromatic rings. The summed E-state index contributed by atoms with van der Waals surface area (Å²) in [6.45, 7) is 0.547. The Bertz CT molecular complexity index is 607. The number of benzene rings is 1. The molecule has 0 unspecified atom stereocenters. The lowest BCUT2D eigenvalue weighted by Gasteiger charge is -2.31. The van der Waals surface area contributed by atoms with Crippen molar-refractivity contribution >= 4 is 11.8 Å². The fourth-order valence-corrected chi connectivity index (χ4v) is 2.38. The van der Waals surface area contributed by atoms with Crippen LogP contribution in [0.15, 0.2) is 24.3 Å². The number of amides is 2. The SMILES string of the molecule is NC(=O)[C@@H]1CN(C(=O)CCc2ccccc2OC(F)(F)F)CCO1. The summed E-state index contributed by atoms with van der Waals surface area (Å²) in [6.07, 6.45) is -5.57. The van der Waals surface area contributed by atoms with Crippen molar-refractivity contribution in [3.63, 3.8) is 0 Å². The van der Waals surface area contributed by atoms with Crippen LogP contribution in [-0.4, -0.2) is 48.9 Å². The van der Waals surface area contributed by atoms with Crippen molar-refractivity contribution in [1.29, 1.82) is 0 Å². The van der Waals surface area contributed by atoms with Crippen molar-refractivity contribution < 1.29 is 32.2 Å². The quantitative estimate of drug-likeness (QED) is 0.869. The zero-order chi connectivity index (χ0) is 17.7. The molecule has 24 heavy (non-hydrogen) atoms. The smallest absolute Gasteiger partial charge is 0.406 e. The first-order valence-electron chi connectivity index (χ1n) is 7.28. The Labute approximate surface area is 136 Å². The van der Waals surface area contributed by atoms with Crippen LogP contribution in [0.2, 0.25) is 0 Å². The van der Waals surface area contributed by atoms with Gasteiger partial charge in [-0.3, -0.25) is 9.59 Å². The van der Waals surface area contributed by atoms with E-state index in [1.165, 1.54) is 23.1 Å². The van der Waals surface area contributed by atoms with E-state index in [0.717, 1.165) is 0 Å². The Kier molecular flexibility index (Phi) is 5.66. The lowest BCUT2D eigenvalue weighted by atomic mass is 10.1. The summed E-state index contributed by atoms with van der Waals surface area (Å²) in [5.41, 5.74) is 5.43. The lowest BCUT2D eigenvalue weighted by molar-refractivity contribution is -0.274. The maximum absolute atomic E-state index is 12.4. The number of alkyl halides is 3. The molecule has 0 aromatic heterocycles. The van der Waals surface area contributed by atoms with E-state index in [1.807, 2.05) is 0 Å². The van der Waals surface area contributed by atoms with Crippen LogP contribution in [0.3, 0.4) is 0 Å². The van der Waals surface area contributed by atoms with E-state index in [-0.39, 0.29) is 43.2 Å². The average Bonchev–Trinajstić information content (AvgIpc) is 2.52. The minimum Gasteiger partial charge on any atom is -0.406 e. The second kappa shape index (κ2) is 7.52. The Morgan fingerprint density at radius 2 is 2.04 bits per heavy atom. The molecule has 1 heterocycles. The van der Waals surface area contributed by atoms with Gasteiger partial charge in [0.15, 0.2) is 6.10 Å². The summed E-state index contributed by atoms with van der Waals surface area (Å²) in [5, 5.41) is 0. The van der Waals surface area contributed by atoms with Crippen LogP contribution >= 0.6 is 0 Å². The number of hydrogen-bond acceptors (Lipinski definition) is 4. The molecule has 1 saturated heterocycles. The highest BCUT2D eigenvalue weighted by molar-refractivity contribution is 5.81. The molecule has 132 valence electrons. The third-order valence-corrected chi connectivity index (χ3v) is 3.54. The van der Waals surface area contributed by atoms with Crippen LogP contribution in [0.5, 0.6) is 5.75 Å². The molecule has 1 atom stereocenters. The van der Waals surface area contributed by atoms with E-state index in [9.17, 15) is 22.8 Å². The minimum absolute atomic E-state index is 0.0102.